The summed E-state index contributed by atoms with van der Waals surface area (Å²) in [6.45, 7) is 0. The molecule has 66 heavy (non-hydrogen) atoms. The van der Waals surface area contributed by atoms with Gasteiger partial charge in [0.1, 0.15) is 11.2 Å². The van der Waals surface area contributed by atoms with Crippen molar-refractivity contribution >= 4 is 77.6 Å². The van der Waals surface area contributed by atoms with E-state index in [-0.39, 0.29) is 0 Å². The predicted molar refractivity (Wildman–Crippen MR) is 274 cm³/mol. The van der Waals surface area contributed by atoms with Crippen LogP contribution in [0.4, 0.5) is 34.1 Å². The molecule has 0 N–H and O–H groups in total. The molecule has 0 atom stereocenters. The first-order valence-electron chi connectivity index (χ1n) is 22.8. The Bertz CT molecular complexity index is 3750. The Labute approximate surface area is 382 Å². The van der Waals surface area contributed by atoms with Crippen LogP contribution in [0.3, 0.4) is 0 Å². The second-order valence-electron chi connectivity index (χ2n) is 17.5. The third-order valence-electron chi connectivity index (χ3n) is 14.2. The molecule has 0 radical (unpaired) electrons. The summed E-state index contributed by atoms with van der Waals surface area (Å²) in [4.78, 5) is 4.90. The number of furan rings is 1. The molecule has 0 aliphatic heterocycles. The van der Waals surface area contributed by atoms with Gasteiger partial charge in [-0.15, -0.1) is 0 Å². The smallest absolute Gasteiger partial charge is 0.136 e. The number of para-hydroxylation sites is 5. The van der Waals surface area contributed by atoms with Crippen LogP contribution in [0.5, 0.6) is 0 Å². The van der Waals surface area contributed by atoms with Gasteiger partial charge in [0.15, 0.2) is 0 Å². The highest BCUT2D eigenvalue weighted by molar-refractivity contribution is 6.22. The van der Waals surface area contributed by atoms with E-state index < -0.39 is 5.41 Å². The standard InChI is InChI=1S/C63H40N2O/c1-5-21-41(22-6-1)64(42-23-7-2-8-24-42)57-39-55-61(49-33-14-13-31-47(49)57)62-52-38-60-51(48-32-17-20-36-59(48)66-60)37-50(52)58(65(43-25-9-3-10-26-43)44-27-11-4-12-28-44)40-56(62)63(55)53-34-18-15-29-45(53)46-30-16-19-35-54(46)63/h1-40H. The van der Waals surface area contributed by atoms with E-state index in [9.17, 15) is 0 Å². The monoisotopic (exact) mass is 840 g/mol. The van der Waals surface area contributed by atoms with Crippen molar-refractivity contribution in [2.24, 2.45) is 0 Å². The molecule has 3 heteroatoms. The maximum absolute atomic E-state index is 6.82. The van der Waals surface area contributed by atoms with Crippen LogP contribution in [0.2, 0.25) is 0 Å². The lowest BCUT2D eigenvalue weighted by molar-refractivity contribution is 0.669. The van der Waals surface area contributed by atoms with Crippen molar-refractivity contribution in [1.82, 2.24) is 0 Å². The van der Waals surface area contributed by atoms with Gasteiger partial charge in [0.05, 0.1) is 16.8 Å². The van der Waals surface area contributed by atoms with Gasteiger partial charge in [-0.05, 0) is 134 Å². The summed E-state index contributed by atoms with van der Waals surface area (Å²) in [5.41, 5.74) is 17.9. The molecule has 1 heterocycles. The van der Waals surface area contributed by atoms with Crippen molar-refractivity contribution in [3.05, 3.63) is 265 Å². The number of hydrogen-bond acceptors (Lipinski definition) is 3. The van der Waals surface area contributed by atoms with Gasteiger partial charge in [0.25, 0.3) is 0 Å². The van der Waals surface area contributed by atoms with Crippen LogP contribution in [0.1, 0.15) is 22.3 Å². The van der Waals surface area contributed by atoms with E-state index in [1.807, 2.05) is 0 Å². The van der Waals surface area contributed by atoms with Gasteiger partial charge in [-0.25, -0.2) is 0 Å². The molecule has 0 fully saturated rings. The van der Waals surface area contributed by atoms with E-state index in [1.165, 1.54) is 55.3 Å². The van der Waals surface area contributed by atoms with E-state index in [2.05, 4.69) is 252 Å². The minimum atomic E-state index is -0.680. The van der Waals surface area contributed by atoms with Crippen LogP contribution in [0.15, 0.2) is 247 Å². The molecule has 0 saturated carbocycles. The number of nitrogens with zero attached hydrogens (tertiary/aromatic N) is 2. The summed E-state index contributed by atoms with van der Waals surface area (Å²) < 4.78 is 6.82. The summed E-state index contributed by atoms with van der Waals surface area (Å²) in [6, 6.07) is 88.9. The van der Waals surface area contributed by atoms with Crippen molar-refractivity contribution in [2.45, 2.75) is 5.41 Å². The van der Waals surface area contributed by atoms with Crippen LogP contribution >= 0.6 is 0 Å². The molecule has 11 aromatic carbocycles. The molecular weight excluding hydrogens is 801 g/mol. The van der Waals surface area contributed by atoms with E-state index in [4.69, 9.17) is 4.42 Å². The minimum Gasteiger partial charge on any atom is -0.456 e. The fourth-order valence-corrected chi connectivity index (χ4v) is 11.6. The Morgan fingerprint density at radius 3 is 1.21 bits per heavy atom. The molecule has 0 bridgehead atoms. The molecule has 2 aliphatic carbocycles. The third kappa shape index (κ3) is 5.08. The first-order valence-corrected chi connectivity index (χ1v) is 22.8. The summed E-state index contributed by atoms with van der Waals surface area (Å²) in [6.07, 6.45) is 0. The van der Waals surface area contributed by atoms with Crippen LogP contribution < -0.4 is 9.80 Å². The Morgan fingerprint density at radius 1 is 0.273 bits per heavy atom. The topological polar surface area (TPSA) is 19.6 Å². The first kappa shape index (κ1) is 36.8. The number of benzene rings is 11. The zero-order valence-electron chi connectivity index (χ0n) is 35.9. The van der Waals surface area contributed by atoms with Gasteiger partial charge in [0, 0.05) is 44.3 Å². The number of rotatable bonds is 6. The molecule has 1 spiro atoms. The van der Waals surface area contributed by atoms with E-state index in [0.29, 0.717) is 0 Å². The second kappa shape index (κ2) is 14.2. The van der Waals surface area contributed by atoms with Gasteiger partial charge >= 0.3 is 0 Å². The Hall–Kier alpha value is -8.66. The SMILES string of the molecule is c1ccc(N(c2ccccc2)c2cc3c(c4ccccc24)-c2c(cc(N(c4ccccc4)c4ccccc4)c4cc5c(cc24)oc2ccccc25)C32c3ccccc3-c3ccccc32)cc1. The average Bonchev–Trinajstić information content (AvgIpc) is 4.01. The van der Waals surface area contributed by atoms with Gasteiger partial charge in [-0.2, -0.15) is 0 Å². The van der Waals surface area contributed by atoms with Crippen LogP contribution in [0.25, 0.3) is 65.7 Å². The van der Waals surface area contributed by atoms with Crippen molar-refractivity contribution < 1.29 is 4.42 Å². The van der Waals surface area contributed by atoms with Gasteiger partial charge in [-0.1, -0.05) is 164 Å². The molecule has 308 valence electrons. The Kier molecular flexibility index (Phi) is 7.90. The predicted octanol–water partition coefficient (Wildman–Crippen LogP) is 17.2. The quantitative estimate of drug-likeness (QED) is 0.166. The molecule has 0 unspecified atom stereocenters. The summed E-state index contributed by atoms with van der Waals surface area (Å²) in [5.74, 6) is 0. The third-order valence-corrected chi connectivity index (χ3v) is 14.2. The fourth-order valence-electron chi connectivity index (χ4n) is 11.6. The molecule has 0 amide bonds. The van der Waals surface area contributed by atoms with Crippen LogP contribution in [-0.2, 0) is 5.41 Å². The van der Waals surface area contributed by atoms with Crippen LogP contribution in [-0.4, -0.2) is 0 Å². The Morgan fingerprint density at radius 2 is 0.682 bits per heavy atom. The molecule has 3 nitrogen and oxygen atoms in total. The largest absolute Gasteiger partial charge is 0.456 e. The van der Waals surface area contributed by atoms with Gasteiger partial charge in [0.2, 0.25) is 0 Å². The summed E-state index contributed by atoms with van der Waals surface area (Å²) in [5, 5.41) is 6.93. The molecule has 12 aromatic rings. The Balaban J connectivity index is 1.21. The van der Waals surface area contributed by atoms with Crippen LogP contribution in [0, 0.1) is 0 Å². The normalized spacial score (nSPS) is 13.0. The van der Waals surface area contributed by atoms with Gasteiger partial charge in [-0.3, -0.25) is 0 Å². The number of anilines is 6. The lowest BCUT2D eigenvalue weighted by atomic mass is 9.70. The lowest BCUT2D eigenvalue weighted by Crippen LogP contribution is -2.26. The van der Waals surface area contributed by atoms with Crippen molar-refractivity contribution in [3.63, 3.8) is 0 Å². The molecule has 1 aromatic heterocycles. The minimum absolute atomic E-state index is 0.680. The van der Waals surface area contributed by atoms with E-state index in [0.717, 1.165) is 66.8 Å². The maximum Gasteiger partial charge on any atom is 0.136 e. The number of hydrogen-bond donors (Lipinski definition) is 0. The summed E-state index contributed by atoms with van der Waals surface area (Å²) >= 11 is 0. The molecule has 14 rings (SSSR count). The lowest BCUT2D eigenvalue weighted by Gasteiger charge is -2.34. The highest BCUT2D eigenvalue weighted by Gasteiger charge is 2.53. The summed E-state index contributed by atoms with van der Waals surface area (Å²) in [7, 11) is 0. The van der Waals surface area contributed by atoms with Crippen molar-refractivity contribution in [3.8, 4) is 22.3 Å². The first-order chi connectivity index (χ1) is 32.8. The van der Waals surface area contributed by atoms with Crippen molar-refractivity contribution in [1.29, 1.82) is 0 Å². The van der Waals surface area contributed by atoms with Crippen molar-refractivity contribution in [2.75, 3.05) is 9.80 Å². The maximum atomic E-state index is 6.82. The second-order valence-corrected chi connectivity index (χ2v) is 17.5. The fraction of sp³-hybridized carbons (Fsp3) is 0.0159. The van der Waals surface area contributed by atoms with E-state index in [1.54, 1.807) is 0 Å². The van der Waals surface area contributed by atoms with Gasteiger partial charge < -0.3 is 14.2 Å². The number of fused-ring (bicyclic) bond motifs is 17. The highest BCUT2D eigenvalue weighted by Crippen LogP contribution is 2.67. The molecular formula is C63H40N2O. The van der Waals surface area contributed by atoms with E-state index >= 15 is 0 Å². The zero-order chi connectivity index (χ0) is 43.3. The zero-order valence-corrected chi connectivity index (χ0v) is 35.9. The average molecular weight is 841 g/mol. The molecule has 0 saturated heterocycles. The molecule has 2 aliphatic rings. The highest BCUT2D eigenvalue weighted by atomic mass is 16.3.